The molecule has 0 N–H and O–H groups in total. The SMILES string of the molecule is COc1ccc(-c2noc(C)n2)nn1. The summed E-state index contributed by atoms with van der Waals surface area (Å²) in [4.78, 5) is 4.02. The molecule has 0 fully saturated rings. The molecule has 6 nitrogen and oxygen atoms in total. The Morgan fingerprint density at radius 3 is 2.64 bits per heavy atom. The van der Waals surface area contributed by atoms with Crippen LogP contribution in [0.1, 0.15) is 5.89 Å². The van der Waals surface area contributed by atoms with Crippen molar-refractivity contribution in [3.8, 4) is 17.4 Å². The van der Waals surface area contributed by atoms with Gasteiger partial charge >= 0.3 is 0 Å². The summed E-state index contributed by atoms with van der Waals surface area (Å²) in [6.45, 7) is 1.72. The largest absolute Gasteiger partial charge is 0.480 e. The Hall–Kier alpha value is -1.98. The standard InChI is InChI=1S/C8H8N4O2/c1-5-9-8(12-14-5)6-3-4-7(13-2)11-10-6/h3-4H,1-2H3. The summed E-state index contributed by atoms with van der Waals surface area (Å²) in [7, 11) is 1.53. The predicted molar refractivity (Wildman–Crippen MR) is 46.6 cm³/mol. The van der Waals surface area contributed by atoms with Gasteiger partial charge in [0.05, 0.1) is 7.11 Å². The lowest BCUT2D eigenvalue weighted by molar-refractivity contribution is 0.390. The second-order valence-electron chi connectivity index (χ2n) is 2.60. The van der Waals surface area contributed by atoms with Gasteiger partial charge in [-0.2, -0.15) is 4.98 Å². The topological polar surface area (TPSA) is 73.9 Å². The summed E-state index contributed by atoms with van der Waals surface area (Å²) in [6.07, 6.45) is 0. The van der Waals surface area contributed by atoms with Crippen molar-refractivity contribution in [1.29, 1.82) is 0 Å². The maximum atomic E-state index is 4.87. The van der Waals surface area contributed by atoms with Crippen molar-refractivity contribution < 1.29 is 9.26 Å². The fourth-order valence-corrected chi connectivity index (χ4v) is 0.951. The first kappa shape index (κ1) is 8.61. The van der Waals surface area contributed by atoms with E-state index in [-0.39, 0.29) is 0 Å². The molecule has 0 aliphatic rings. The lowest BCUT2D eigenvalue weighted by atomic mass is 10.4. The van der Waals surface area contributed by atoms with Gasteiger partial charge in [-0.1, -0.05) is 5.16 Å². The third-order valence-corrected chi connectivity index (χ3v) is 1.61. The van der Waals surface area contributed by atoms with Crippen LogP contribution < -0.4 is 4.74 Å². The predicted octanol–water partition coefficient (Wildman–Crippen LogP) is 0.844. The average Bonchev–Trinajstić information content (AvgIpc) is 2.65. The van der Waals surface area contributed by atoms with Gasteiger partial charge < -0.3 is 9.26 Å². The van der Waals surface area contributed by atoms with Crippen molar-refractivity contribution >= 4 is 0 Å². The highest BCUT2D eigenvalue weighted by atomic mass is 16.5. The van der Waals surface area contributed by atoms with E-state index in [9.17, 15) is 0 Å². The second kappa shape index (κ2) is 3.41. The third-order valence-electron chi connectivity index (χ3n) is 1.61. The van der Waals surface area contributed by atoms with E-state index < -0.39 is 0 Å². The minimum absolute atomic E-state index is 0.428. The van der Waals surface area contributed by atoms with Crippen molar-refractivity contribution in [2.45, 2.75) is 6.92 Å². The number of methoxy groups -OCH3 is 1. The van der Waals surface area contributed by atoms with E-state index in [1.54, 1.807) is 19.1 Å². The quantitative estimate of drug-likeness (QED) is 0.702. The molecule has 0 bridgehead atoms. The van der Waals surface area contributed by atoms with Crippen molar-refractivity contribution in [2.24, 2.45) is 0 Å². The highest BCUT2D eigenvalue weighted by molar-refractivity contribution is 5.47. The second-order valence-corrected chi connectivity index (χ2v) is 2.60. The third kappa shape index (κ3) is 1.54. The van der Waals surface area contributed by atoms with E-state index in [4.69, 9.17) is 9.26 Å². The van der Waals surface area contributed by atoms with Gasteiger partial charge in [0.2, 0.25) is 17.6 Å². The van der Waals surface area contributed by atoms with Gasteiger partial charge in [0.25, 0.3) is 0 Å². The summed E-state index contributed by atoms with van der Waals surface area (Å²) >= 11 is 0. The molecule has 0 amide bonds. The minimum Gasteiger partial charge on any atom is -0.480 e. The Labute approximate surface area is 79.9 Å². The molecule has 0 aliphatic heterocycles. The van der Waals surface area contributed by atoms with E-state index in [0.717, 1.165) is 0 Å². The Kier molecular flexibility index (Phi) is 2.10. The highest BCUT2D eigenvalue weighted by Gasteiger charge is 2.07. The number of rotatable bonds is 2. The van der Waals surface area contributed by atoms with Crippen LogP contribution in [0.15, 0.2) is 16.7 Å². The number of hydrogen-bond donors (Lipinski definition) is 0. The zero-order valence-electron chi connectivity index (χ0n) is 7.76. The van der Waals surface area contributed by atoms with Crippen LogP contribution in [-0.2, 0) is 0 Å². The molecule has 14 heavy (non-hydrogen) atoms. The molecule has 0 spiro atoms. The molecule has 0 atom stereocenters. The Balaban J connectivity index is 2.33. The van der Waals surface area contributed by atoms with Gasteiger partial charge in [-0.25, -0.2) is 0 Å². The Morgan fingerprint density at radius 1 is 1.29 bits per heavy atom. The number of aryl methyl sites for hydroxylation is 1. The molecule has 0 aliphatic carbocycles. The van der Waals surface area contributed by atoms with Crippen molar-refractivity contribution in [1.82, 2.24) is 20.3 Å². The summed E-state index contributed by atoms with van der Waals surface area (Å²) < 4.78 is 9.69. The van der Waals surface area contributed by atoms with E-state index in [1.165, 1.54) is 7.11 Å². The number of nitrogens with zero attached hydrogens (tertiary/aromatic N) is 4. The Bertz CT molecular complexity index is 423. The van der Waals surface area contributed by atoms with Crippen molar-refractivity contribution in [3.05, 3.63) is 18.0 Å². The first-order chi connectivity index (χ1) is 6.79. The molecule has 0 unspecified atom stereocenters. The van der Waals surface area contributed by atoms with Gasteiger partial charge in [-0.15, -0.1) is 10.2 Å². The maximum absolute atomic E-state index is 4.87. The molecule has 2 rings (SSSR count). The normalized spacial score (nSPS) is 10.1. The molecule has 0 radical (unpaired) electrons. The van der Waals surface area contributed by atoms with Crippen molar-refractivity contribution in [2.75, 3.05) is 7.11 Å². The van der Waals surface area contributed by atoms with E-state index in [0.29, 0.717) is 23.3 Å². The molecule has 6 heteroatoms. The number of aromatic nitrogens is 4. The molecule has 0 saturated carbocycles. The summed E-state index contributed by atoms with van der Waals surface area (Å²) in [6, 6.07) is 3.41. The molecular weight excluding hydrogens is 184 g/mol. The highest BCUT2D eigenvalue weighted by Crippen LogP contribution is 2.13. The van der Waals surface area contributed by atoms with Crippen LogP contribution in [0.4, 0.5) is 0 Å². The minimum atomic E-state index is 0.428. The van der Waals surface area contributed by atoms with Crippen LogP contribution in [0.3, 0.4) is 0 Å². The van der Waals surface area contributed by atoms with Crippen LogP contribution in [0.5, 0.6) is 5.88 Å². The van der Waals surface area contributed by atoms with Crippen LogP contribution in [0, 0.1) is 6.92 Å². The Morgan fingerprint density at radius 2 is 2.14 bits per heavy atom. The van der Waals surface area contributed by atoms with Crippen molar-refractivity contribution in [3.63, 3.8) is 0 Å². The molecule has 2 aromatic heterocycles. The summed E-state index contributed by atoms with van der Waals surface area (Å²) in [5.41, 5.74) is 0.558. The van der Waals surface area contributed by atoms with Gasteiger partial charge in [-0.3, -0.25) is 0 Å². The van der Waals surface area contributed by atoms with Gasteiger partial charge in [0.15, 0.2) is 0 Å². The van der Waals surface area contributed by atoms with Gasteiger partial charge in [0.1, 0.15) is 5.69 Å². The van der Waals surface area contributed by atoms with E-state index in [1.807, 2.05) is 0 Å². The lowest BCUT2D eigenvalue weighted by Gasteiger charge is -1.96. The lowest BCUT2D eigenvalue weighted by Crippen LogP contribution is -1.92. The zero-order chi connectivity index (χ0) is 9.97. The number of hydrogen-bond acceptors (Lipinski definition) is 6. The maximum Gasteiger partial charge on any atom is 0.233 e. The van der Waals surface area contributed by atoms with Gasteiger partial charge in [0, 0.05) is 13.0 Å². The van der Waals surface area contributed by atoms with Gasteiger partial charge in [-0.05, 0) is 6.07 Å². The van der Waals surface area contributed by atoms with E-state index >= 15 is 0 Å². The number of ether oxygens (including phenoxy) is 1. The molecule has 72 valence electrons. The molecule has 0 saturated heterocycles. The fraction of sp³-hybridized carbons (Fsp3) is 0.250. The van der Waals surface area contributed by atoms with Crippen LogP contribution in [-0.4, -0.2) is 27.4 Å². The molecular formula is C8H8N4O2. The monoisotopic (exact) mass is 192 g/mol. The van der Waals surface area contributed by atoms with Crippen LogP contribution in [0.25, 0.3) is 11.5 Å². The van der Waals surface area contributed by atoms with Crippen LogP contribution >= 0.6 is 0 Å². The first-order valence-electron chi connectivity index (χ1n) is 3.98. The smallest absolute Gasteiger partial charge is 0.233 e. The molecule has 2 heterocycles. The molecule has 0 aromatic carbocycles. The first-order valence-corrected chi connectivity index (χ1v) is 3.98. The zero-order valence-corrected chi connectivity index (χ0v) is 7.76. The summed E-state index contributed by atoms with van der Waals surface area (Å²) in [5, 5.41) is 11.4. The van der Waals surface area contributed by atoms with Crippen LogP contribution in [0.2, 0.25) is 0 Å². The average molecular weight is 192 g/mol. The molecule has 2 aromatic rings. The summed E-state index contributed by atoms with van der Waals surface area (Å²) in [5.74, 6) is 1.38. The van der Waals surface area contributed by atoms with E-state index in [2.05, 4.69) is 20.3 Å². The fourth-order valence-electron chi connectivity index (χ4n) is 0.951.